The minimum Gasteiger partial charge on any atom is -0.352 e. The van der Waals surface area contributed by atoms with Crippen molar-refractivity contribution in [3.63, 3.8) is 0 Å². The highest BCUT2D eigenvalue weighted by Gasteiger charge is 2.34. The predicted molar refractivity (Wildman–Crippen MR) is 74.7 cm³/mol. The smallest absolute Gasteiger partial charge is 0.230 e. The number of hydrogen-bond acceptors (Lipinski definition) is 3. The third-order valence-corrected chi connectivity index (χ3v) is 5.40. The van der Waals surface area contributed by atoms with Crippen molar-refractivity contribution < 1.29 is 13.2 Å². The molecule has 104 valence electrons. The molecule has 0 unspecified atom stereocenters. The predicted octanol–water partition coefficient (Wildman–Crippen LogP) is 1.27. The molecule has 2 rings (SSSR count). The van der Waals surface area contributed by atoms with Gasteiger partial charge in [-0.2, -0.15) is 0 Å². The van der Waals surface area contributed by atoms with Crippen molar-refractivity contribution in [1.29, 1.82) is 0 Å². The first kappa shape index (κ1) is 14.1. The van der Waals surface area contributed by atoms with Gasteiger partial charge in [0.15, 0.2) is 9.84 Å². The van der Waals surface area contributed by atoms with Gasteiger partial charge < -0.3 is 5.32 Å². The number of hydrogen-bond donors (Lipinski definition) is 1. The van der Waals surface area contributed by atoms with Gasteiger partial charge in [-0.15, -0.1) is 0 Å². The summed E-state index contributed by atoms with van der Waals surface area (Å²) in [4.78, 5) is 12.3. The summed E-state index contributed by atoms with van der Waals surface area (Å²) in [5.74, 6) is 0.105. The Morgan fingerprint density at radius 3 is 2.42 bits per heavy atom. The standard InChI is InChI=1S/C14H19NO3S/c1-14(2,11-6-4-3-5-7-11)13(16)15-12-8-9-19(17,18)10-12/h3-7,12H,8-10H2,1-2H3,(H,15,16)/t12-/m1/s1. The van der Waals surface area contributed by atoms with Gasteiger partial charge in [0.25, 0.3) is 0 Å². The lowest BCUT2D eigenvalue weighted by atomic mass is 9.83. The largest absolute Gasteiger partial charge is 0.352 e. The lowest BCUT2D eigenvalue weighted by Crippen LogP contribution is -2.45. The number of nitrogens with one attached hydrogen (secondary N) is 1. The van der Waals surface area contributed by atoms with Crippen LogP contribution in [-0.2, 0) is 20.0 Å². The van der Waals surface area contributed by atoms with Crippen LogP contribution in [0.1, 0.15) is 25.8 Å². The van der Waals surface area contributed by atoms with Crippen LogP contribution in [-0.4, -0.2) is 31.9 Å². The highest BCUT2D eigenvalue weighted by Crippen LogP contribution is 2.24. The number of sulfone groups is 1. The average molecular weight is 281 g/mol. The second kappa shape index (κ2) is 4.96. The van der Waals surface area contributed by atoms with E-state index in [1.807, 2.05) is 44.2 Å². The van der Waals surface area contributed by atoms with E-state index in [1.165, 1.54) is 0 Å². The number of amides is 1. The van der Waals surface area contributed by atoms with Gasteiger partial charge in [-0.05, 0) is 25.8 Å². The van der Waals surface area contributed by atoms with E-state index in [1.54, 1.807) is 0 Å². The molecule has 1 saturated heterocycles. The van der Waals surface area contributed by atoms with Crippen molar-refractivity contribution in [3.8, 4) is 0 Å². The molecule has 1 atom stereocenters. The fourth-order valence-electron chi connectivity index (χ4n) is 2.26. The molecule has 5 heteroatoms. The van der Waals surface area contributed by atoms with Gasteiger partial charge in [-0.1, -0.05) is 30.3 Å². The molecular formula is C14H19NO3S. The monoisotopic (exact) mass is 281 g/mol. The number of carbonyl (C=O) groups excluding carboxylic acids is 1. The van der Waals surface area contributed by atoms with Crippen LogP contribution in [0, 0.1) is 0 Å². The van der Waals surface area contributed by atoms with E-state index >= 15 is 0 Å². The Morgan fingerprint density at radius 1 is 1.26 bits per heavy atom. The van der Waals surface area contributed by atoms with Gasteiger partial charge in [0.1, 0.15) is 0 Å². The molecule has 1 aromatic rings. The maximum Gasteiger partial charge on any atom is 0.230 e. The number of rotatable bonds is 3. The summed E-state index contributed by atoms with van der Waals surface area (Å²) < 4.78 is 22.8. The zero-order valence-corrected chi connectivity index (χ0v) is 12.0. The lowest BCUT2D eigenvalue weighted by Gasteiger charge is -2.26. The molecule has 1 heterocycles. The average Bonchev–Trinajstić information content (AvgIpc) is 2.69. The van der Waals surface area contributed by atoms with Crippen LogP contribution in [0.2, 0.25) is 0 Å². The summed E-state index contributed by atoms with van der Waals surface area (Å²) in [5.41, 5.74) is 0.265. The zero-order valence-electron chi connectivity index (χ0n) is 11.2. The van der Waals surface area contributed by atoms with Crippen LogP contribution < -0.4 is 5.32 Å². The van der Waals surface area contributed by atoms with E-state index < -0.39 is 15.3 Å². The van der Waals surface area contributed by atoms with Crippen LogP contribution in [0.4, 0.5) is 0 Å². The van der Waals surface area contributed by atoms with Crippen molar-refractivity contribution in [3.05, 3.63) is 35.9 Å². The maximum absolute atomic E-state index is 12.3. The molecule has 0 aromatic heterocycles. The summed E-state index contributed by atoms with van der Waals surface area (Å²) in [6.45, 7) is 3.70. The van der Waals surface area contributed by atoms with Crippen LogP contribution in [0.15, 0.2) is 30.3 Å². The Bertz CT molecular complexity index is 564. The van der Waals surface area contributed by atoms with Crippen LogP contribution >= 0.6 is 0 Å². The summed E-state index contributed by atoms with van der Waals surface area (Å²) in [5, 5.41) is 2.86. The zero-order chi connectivity index (χ0) is 14.1. The van der Waals surface area contributed by atoms with E-state index in [4.69, 9.17) is 0 Å². The molecule has 0 spiro atoms. The summed E-state index contributed by atoms with van der Waals surface area (Å²) in [7, 11) is -2.97. The molecule has 0 aliphatic carbocycles. The van der Waals surface area contributed by atoms with Crippen molar-refractivity contribution in [2.45, 2.75) is 31.7 Å². The molecular weight excluding hydrogens is 262 g/mol. The minimum absolute atomic E-state index is 0.0591. The van der Waals surface area contributed by atoms with Gasteiger partial charge in [0.05, 0.1) is 16.9 Å². The molecule has 1 aromatic carbocycles. The Balaban J connectivity index is 2.08. The second-order valence-corrected chi connectivity index (χ2v) is 7.79. The lowest BCUT2D eigenvalue weighted by molar-refractivity contribution is -0.126. The van der Waals surface area contributed by atoms with Crippen molar-refractivity contribution in [1.82, 2.24) is 5.32 Å². The van der Waals surface area contributed by atoms with Crippen molar-refractivity contribution in [2.24, 2.45) is 0 Å². The molecule has 0 radical (unpaired) electrons. The fourth-order valence-corrected chi connectivity index (χ4v) is 3.93. The molecule has 19 heavy (non-hydrogen) atoms. The Hall–Kier alpha value is -1.36. The first-order valence-corrected chi connectivity index (χ1v) is 8.20. The first-order chi connectivity index (χ1) is 8.81. The molecule has 1 N–H and O–H groups in total. The first-order valence-electron chi connectivity index (χ1n) is 6.38. The summed E-state index contributed by atoms with van der Waals surface area (Å²) in [6.07, 6.45) is 0.513. The number of benzene rings is 1. The fraction of sp³-hybridized carbons (Fsp3) is 0.500. The normalized spacial score (nSPS) is 22.1. The highest BCUT2D eigenvalue weighted by atomic mass is 32.2. The third kappa shape index (κ3) is 3.15. The molecule has 1 aliphatic heterocycles. The highest BCUT2D eigenvalue weighted by molar-refractivity contribution is 7.91. The number of carbonyl (C=O) groups is 1. The Morgan fingerprint density at radius 2 is 1.89 bits per heavy atom. The third-order valence-electron chi connectivity index (χ3n) is 3.63. The second-order valence-electron chi connectivity index (χ2n) is 5.56. The molecule has 1 amide bonds. The van der Waals surface area contributed by atoms with Crippen molar-refractivity contribution >= 4 is 15.7 Å². The van der Waals surface area contributed by atoms with Gasteiger partial charge in [-0.3, -0.25) is 4.79 Å². The minimum atomic E-state index is -2.97. The maximum atomic E-state index is 12.3. The molecule has 0 saturated carbocycles. The van der Waals surface area contributed by atoms with E-state index in [2.05, 4.69) is 5.32 Å². The van der Waals surface area contributed by atoms with Crippen LogP contribution in [0.3, 0.4) is 0 Å². The Kier molecular flexibility index (Phi) is 3.67. The summed E-state index contributed by atoms with van der Waals surface area (Å²) >= 11 is 0. The van der Waals surface area contributed by atoms with Gasteiger partial charge in [0.2, 0.25) is 5.91 Å². The van der Waals surface area contributed by atoms with Gasteiger partial charge in [0, 0.05) is 6.04 Å². The van der Waals surface area contributed by atoms with E-state index in [9.17, 15) is 13.2 Å². The molecule has 4 nitrogen and oxygen atoms in total. The molecule has 0 bridgehead atoms. The van der Waals surface area contributed by atoms with Gasteiger partial charge >= 0.3 is 0 Å². The van der Waals surface area contributed by atoms with Gasteiger partial charge in [-0.25, -0.2) is 8.42 Å². The SMILES string of the molecule is CC(C)(C(=O)N[C@@H]1CCS(=O)(=O)C1)c1ccccc1. The van der Waals surface area contributed by atoms with E-state index in [0.29, 0.717) is 6.42 Å². The van der Waals surface area contributed by atoms with Crippen LogP contribution in [0.25, 0.3) is 0 Å². The van der Waals surface area contributed by atoms with Crippen molar-refractivity contribution in [2.75, 3.05) is 11.5 Å². The molecule has 1 fully saturated rings. The van der Waals surface area contributed by atoms with E-state index in [0.717, 1.165) is 5.56 Å². The Labute approximate surface area is 114 Å². The molecule has 1 aliphatic rings. The van der Waals surface area contributed by atoms with Crippen LogP contribution in [0.5, 0.6) is 0 Å². The topological polar surface area (TPSA) is 63.2 Å². The quantitative estimate of drug-likeness (QED) is 0.907. The van der Waals surface area contributed by atoms with E-state index in [-0.39, 0.29) is 23.5 Å². The summed E-state index contributed by atoms with van der Waals surface area (Å²) in [6, 6.07) is 9.26.